The number of carbonyl (C=O) groups is 1. The van der Waals surface area contributed by atoms with Crippen LogP contribution in [0.25, 0.3) is 0 Å². The number of aryl methyl sites for hydroxylation is 1. The quantitative estimate of drug-likeness (QED) is 0.803. The summed E-state index contributed by atoms with van der Waals surface area (Å²) in [5.41, 5.74) is 0.993. The molecule has 0 aliphatic rings. The van der Waals surface area contributed by atoms with Gasteiger partial charge in [0.05, 0.1) is 4.90 Å². The lowest BCUT2D eigenvalue weighted by atomic mass is 10.2. The molecule has 1 aromatic carbocycles. The average molecular weight is 300 g/mol. The van der Waals surface area contributed by atoms with Gasteiger partial charge in [-0.15, -0.1) is 0 Å². The van der Waals surface area contributed by atoms with E-state index in [1.54, 1.807) is 36.8 Å². The highest BCUT2D eigenvalue weighted by atomic mass is 32.2. The molecule has 0 spiro atoms. The molecule has 0 aromatic heterocycles. The zero-order chi connectivity index (χ0) is 14.6. The standard InChI is InChI=1S/C14H20O3S2/c1-5-6-13(15)14(18(3)4)19(16,17)12-9-7-11(2)8-10-12/h7-10H,5-6H2,1-4H3. The molecule has 0 unspecified atom stereocenters. The van der Waals surface area contributed by atoms with Crippen molar-refractivity contribution in [2.45, 2.75) is 31.6 Å². The molecule has 3 nitrogen and oxygen atoms in total. The summed E-state index contributed by atoms with van der Waals surface area (Å²) in [6.45, 7) is 3.77. The van der Waals surface area contributed by atoms with Gasteiger partial charge >= 0.3 is 0 Å². The van der Waals surface area contributed by atoms with Crippen molar-refractivity contribution in [2.75, 3.05) is 12.5 Å². The van der Waals surface area contributed by atoms with Crippen molar-refractivity contribution in [3.8, 4) is 0 Å². The van der Waals surface area contributed by atoms with Gasteiger partial charge in [0, 0.05) is 6.42 Å². The SMILES string of the molecule is CCCC(=O)C(=S(C)C)S(=O)(=O)c1ccc(C)cc1. The average Bonchev–Trinajstić information content (AvgIpc) is 2.28. The number of benzene rings is 1. The summed E-state index contributed by atoms with van der Waals surface area (Å²) in [6, 6.07) is 6.63. The predicted octanol–water partition coefficient (Wildman–Crippen LogP) is 2.80. The molecule has 0 aliphatic heterocycles. The van der Waals surface area contributed by atoms with Gasteiger partial charge in [0.25, 0.3) is 0 Å². The molecule has 0 N–H and O–H groups in total. The van der Waals surface area contributed by atoms with E-state index < -0.39 is 20.3 Å². The summed E-state index contributed by atoms with van der Waals surface area (Å²) in [6.07, 6.45) is 4.48. The highest BCUT2D eigenvalue weighted by Gasteiger charge is 2.27. The second kappa shape index (κ2) is 6.48. The first-order chi connectivity index (χ1) is 8.80. The van der Waals surface area contributed by atoms with Gasteiger partial charge in [-0.3, -0.25) is 4.79 Å². The Bertz CT molecular complexity index is 592. The molecule has 0 heterocycles. The second-order valence-electron chi connectivity index (χ2n) is 4.59. The minimum absolute atomic E-state index is 0.0539. The molecule has 1 aromatic rings. The maximum Gasteiger partial charge on any atom is 0.215 e. The van der Waals surface area contributed by atoms with Crippen LogP contribution < -0.4 is 0 Å². The van der Waals surface area contributed by atoms with Gasteiger partial charge in [-0.1, -0.05) is 24.6 Å². The van der Waals surface area contributed by atoms with Gasteiger partial charge in [-0.2, -0.15) is 10.5 Å². The third-order valence-electron chi connectivity index (χ3n) is 2.65. The first-order valence-corrected chi connectivity index (χ1v) is 9.62. The smallest absolute Gasteiger partial charge is 0.215 e. The molecule has 0 radical (unpaired) electrons. The molecule has 0 saturated carbocycles. The molecule has 0 saturated heterocycles. The van der Waals surface area contributed by atoms with Crippen molar-refractivity contribution < 1.29 is 13.2 Å². The van der Waals surface area contributed by atoms with Gasteiger partial charge in [0.15, 0.2) is 5.78 Å². The molecule has 0 fully saturated rings. The van der Waals surface area contributed by atoms with Crippen molar-refractivity contribution in [3.05, 3.63) is 29.8 Å². The largest absolute Gasteiger partial charge is 0.293 e. The molecule has 19 heavy (non-hydrogen) atoms. The first kappa shape index (κ1) is 16.1. The summed E-state index contributed by atoms with van der Waals surface area (Å²) in [5, 5.41) is 0. The molecular formula is C14H20O3S2. The van der Waals surface area contributed by atoms with E-state index in [1.807, 2.05) is 13.8 Å². The van der Waals surface area contributed by atoms with Gasteiger partial charge in [0.1, 0.15) is 4.20 Å². The van der Waals surface area contributed by atoms with E-state index in [9.17, 15) is 13.2 Å². The van der Waals surface area contributed by atoms with Crippen LogP contribution in [0.4, 0.5) is 0 Å². The van der Waals surface area contributed by atoms with Gasteiger partial charge in [-0.25, -0.2) is 8.42 Å². The summed E-state index contributed by atoms with van der Waals surface area (Å²) in [5.74, 6) is -0.253. The Labute approximate surface area is 117 Å². The zero-order valence-electron chi connectivity index (χ0n) is 11.8. The topological polar surface area (TPSA) is 51.2 Å². The van der Waals surface area contributed by atoms with Crippen molar-refractivity contribution in [2.24, 2.45) is 0 Å². The maximum absolute atomic E-state index is 12.6. The highest BCUT2D eigenvalue weighted by molar-refractivity contribution is 8.31. The molecule has 0 amide bonds. The highest BCUT2D eigenvalue weighted by Crippen LogP contribution is 2.20. The van der Waals surface area contributed by atoms with Crippen LogP contribution in [-0.4, -0.2) is 30.9 Å². The zero-order valence-corrected chi connectivity index (χ0v) is 13.4. The molecule has 1 rings (SSSR count). The minimum atomic E-state index is -3.66. The van der Waals surface area contributed by atoms with Crippen LogP contribution in [0.15, 0.2) is 29.2 Å². The van der Waals surface area contributed by atoms with Crippen molar-refractivity contribution >= 4 is 30.3 Å². The monoisotopic (exact) mass is 300 g/mol. The Morgan fingerprint density at radius 1 is 1.16 bits per heavy atom. The first-order valence-electron chi connectivity index (χ1n) is 6.10. The third kappa shape index (κ3) is 3.76. The van der Waals surface area contributed by atoms with E-state index in [0.29, 0.717) is 6.42 Å². The molecule has 0 aliphatic carbocycles. The summed E-state index contributed by atoms with van der Waals surface area (Å²) < 4.78 is 25.2. The maximum atomic E-state index is 12.6. The summed E-state index contributed by atoms with van der Waals surface area (Å²) >= 11 is 0. The fourth-order valence-electron chi connectivity index (χ4n) is 1.75. The number of hydrogen-bond acceptors (Lipinski definition) is 3. The second-order valence-corrected chi connectivity index (χ2v) is 8.78. The lowest BCUT2D eigenvalue weighted by molar-refractivity contribution is -0.112. The number of Topliss-reactive ketones (excluding diaryl/α,β-unsaturated/α-hetero) is 1. The number of ketones is 1. The summed E-state index contributed by atoms with van der Waals surface area (Å²) in [7, 11) is -4.24. The van der Waals surface area contributed by atoms with E-state index in [0.717, 1.165) is 5.56 Å². The van der Waals surface area contributed by atoms with Gasteiger partial charge < -0.3 is 0 Å². The predicted molar refractivity (Wildman–Crippen MR) is 82.7 cm³/mol. The number of carbonyl (C=O) groups excluding carboxylic acids is 1. The Kier molecular flexibility index (Phi) is 5.50. The lowest BCUT2D eigenvalue weighted by Gasteiger charge is -2.10. The molecular weight excluding hydrogens is 280 g/mol. The number of hydrogen-bond donors (Lipinski definition) is 0. The fourth-order valence-corrected chi connectivity index (χ4v) is 5.46. The van der Waals surface area contributed by atoms with E-state index in [1.165, 1.54) is 0 Å². The van der Waals surface area contributed by atoms with Crippen molar-refractivity contribution in [1.82, 2.24) is 0 Å². The number of rotatable bonds is 4. The van der Waals surface area contributed by atoms with Crippen molar-refractivity contribution in [1.29, 1.82) is 0 Å². The molecule has 0 atom stereocenters. The van der Waals surface area contributed by atoms with Crippen LogP contribution in [0.3, 0.4) is 0 Å². The van der Waals surface area contributed by atoms with E-state index in [-0.39, 0.29) is 21.3 Å². The van der Waals surface area contributed by atoms with E-state index in [2.05, 4.69) is 0 Å². The lowest BCUT2D eigenvalue weighted by Crippen LogP contribution is -2.24. The van der Waals surface area contributed by atoms with Crippen LogP contribution in [0.5, 0.6) is 0 Å². The Balaban J connectivity index is 3.34. The van der Waals surface area contributed by atoms with E-state index in [4.69, 9.17) is 0 Å². The Hall–Kier alpha value is -0.940. The molecule has 5 heteroatoms. The van der Waals surface area contributed by atoms with Crippen LogP contribution in [0.2, 0.25) is 0 Å². The minimum Gasteiger partial charge on any atom is -0.293 e. The van der Waals surface area contributed by atoms with E-state index >= 15 is 0 Å². The fraction of sp³-hybridized carbons (Fsp3) is 0.429. The normalized spacial score (nSPS) is 11.6. The number of sulfone groups is 1. The molecule has 0 bridgehead atoms. The molecule has 106 valence electrons. The van der Waals surface area contributed by atoms with Crippen molar-refractivity contribution in [3.63, 3.8) is 0 Å². The van der Waals surface area contributed by atoms with Crippen LogP contribution in [0, 0.1) is 6.92 Å². The van der Waals surface area contributed by atoms with Gasteiger partial charge in [0.2, 0.25) is 9.84 Å². The van der Waals surface area contributed by atoms with Crippen LogP contribution in [0.1, 0.15) is 25.3 Å². The van der Waals surface area contributed by atoms with Crippen LogP contribution >= 0.6 is 10.5 Å². The Morgan fingerprint density at radius 2 is 1.68 bits per heavy atom. The third-order valence-corrected chi connectivity index (χ3v) is 6.89. The van der Waals surface area contributed by atoms with Gasteiger partial charge in [-0.05, 0) is 38.0 Å². The summed E-state index contributed by atoms with van der Waals surface area (Å²) in [4.78, 5) is 12.3. The van der Waals surface area contributed by atoms with Crippen LogP contribution in [-0.2, 0) is 14.6 Å². The Morgan fingerprint density at radius 3 is 2.11 bits per heavy atom.